The lowest BCUT2D eigenvalue weighted by Crippen LogP contribution is -2.39. The molecule has 0 bridgehead atoms. The van der Waals surface area contributed by atoms with Crippen LogP contribution in [0.2, 0.25) is 0 Å². The van der Waals surface area contributed by atoms with Gasteiger partial charge in [-0.3, -0.25) is 9.59 Å². The minimum Gasteiger partial charge on any atom is -0.449 e. The zero-order chi connectivity index (χ0) is 21.4. The summed E-state index contributed by atoms with van der Waals surface area (Å²) >= 11 is 0. The number of carbonyl (C=O) groups is 4. The predicted octanol–water partition coefficient (Wildman–Crippen LogP) is 1.83. The monoisotopic (exact) mass is 392 g/mol. The predicted molar refractivity (Wildman–Crippen MR) is 103 cm³/mol. The van der Waals surface area contributed by atoms with Crippen LogP contribution in [0.1, 0.15) is 62.3 Å². The quantitative estimate of drug-likeness (QED) is 0.653. The number of rotatable bonds is 8. The molecule has 0 aliphatic carbocycles. The van der Waals surface area contributed by atoms with Gasteiger partial charge in [0.1, 0.15) is 0 Å². The van der Waals surface area contributed by atoms with Crippen LogP contribution < -0.4 is 10.6 Å². The highest BCUT2D eigenvalue weighted by molar-refractivity contribution is 5.97. The average Bonchev–Trinajstić information content (AvgIpc) is 2.60. The minimum absolute atomic E-state index is 0.0818. The molecule has 0 spiro atoms. The first-order valence-electron chi connectivity index (χ1n) is 9.14. The van der Waals surface area contributed by atoms with Gasteiger partial charge in [0.2, 0.25) is 0 Å². The molecule has 0 unspecified atom stereocenters. The van der Waals surface area contributed by atoms with Crippen LogP contribution in [0.25, 0.3) is 0 Å². The van der Waals surface area contributed by atoms with Gasteiger partial charge in [-0.15, -0.1) is 0 Å². The summed E-state index contributed by atoms with van der Waals surface area (Å²) in [5.74, 6) is -2.31. The molecule has 1 rings (SSSR count). The van der Waals surface area contributed by atoms with Crippen LogP contribution in [0.4, 0.5) is 0 Å². The summed E-state index contributed by atoms with van der Waals surface area (Å²) in [7, 11) is 0. The van der Waals surface area contributed by atoms with Gasteiger partial charge in [-0.1, -0.05) is 6.07 Å². The molecule has 0 aromatic heterocycles. The normalized spacial score (nSPS) is 12.9. The van der Waals surface area contributed by atoms with Crippen molar-refractivity contribution >= 4 is 23.8 Å². The molecule has 0 aliphatic heterocycles. The Kier molecular flexibility index (Phi) is 8.63. The van der Waals surface area contributed by atoms with Crippen LogP contribution in [-0.4, -0.2) is 48.0 Å². The second kappa shape index (κ2) is 10.4. The summed E-state index contributed by atoms with van der Waals surface area (Å²) in [6.07, 6.45) is -1.96. The molecule has 8 nitrogen and oxygen atoms in total. The van der Waals surface area contributed by atoms with E-state index < -0.39 is 36.0 Å². The Balaban J connectivity index is 2.77. The van der Waals surface area contributed by atoms with Gasteiger partial charge in [-0.05, 0) is 59.7 Å². The minimum atomic E-state index is -0.981. The van der Waals surface area contributed by atoms with E-state index >= 15 is 0 Å². The van der Waals surface area contributed by atoms with Gasteiger partial charge >= 0.3 is 11.9 Å². The van der Waals surface area contributed by atoms with E-state index in [2.05, 4.69) is 10.6 Å². The number of esters is 2. The largest absolute Gasteiger partial charge is 0.449 e. The fraction of sp³-hybridized carbons (Fsp3) is 0.500. The van der Waals surface area contributed by atoms with Gasteiger partial charge in [0.05, 0.1) is 11.1 Å². The smallest absolute Gasteiger partial charge is 0.338 e. The number of nitrogens with one attached hydrogen (secondary N) is 2. The Labute approximate surface area is 165 Å². The van der Waals surface area contributed by atoms with E-state index in [9.17, 15) is 19.2 Å². The van der Waals surface area contributed by atoms with Crippen molar-refractivity contribution < 1.29 is 28.7 Å². The summed E-state index contributed by atoms with van der Waals surface area (Å²) in [6.45, 7) is 10.1. The van der Waals surface area contributed by atoms with Gasteiger partial charge in [-0.25, -0.2) is 9.59 Å². The highest BCUT2D eigenvalue weighted by Gasteiger charge is 2.22. The Bertz CT molecular complexity index is 672. The van der Waals surface area contributed by atoms with Crippen LogP contribution in [0.5, 0.6) is 0 Å². The molecule has 2 atom stereocenters. The summed E-state index contributed by atoms with van der Waals surface area (Å²) in [4.78, 5) is 48.2. The van der Waals surface area contributed by atoms with Crippen molar-refractivity contribution in [1.29, 1.82) is 0 Å². The molecule has 0 aliphatic rings. The van der Waals surface area contributed by atoms with E-state index in [-0.39, 0.29) is 23.2 Å². The molecule has 2 N–H and O–H groups in total. The molecule has 8 heteroatoms. The van der Waals surface area contributed by atoms with Crippen LogP contribution in [0.3, 0.4) is 0 Å². The zero-order valence-corrected chi connectivity index (χ0v) is 17.1. The third kappa shape index (κ3) is 7.38. The van der Waals surface area contributed by atoms with Gasteiger partial charge in [0.15, 0.2) is 12.2 Å². The summed E-state index contributed by atoms with van der Waals surface area (Å²) in [6, 6.07) is 5.54. The molecule has 0 saturated heterocycles. The molecule has 154 valence electrons. The number of benzene rings is 1. The van der Waals surface area contributed by atoms with Gasteiger partial charge in [0, 0.05) is 12.1 Å². The maximum atomic E-state index is 12.3. The Morgan fingerprint density at radius 2 is 1.07 bits per heavy atom. The number of hydrogen-bond acceptors (Lipinski definition) is 6. The lowest BCUT2D eigenvalue weighted by atomic mass is 10.1. The molecule has 0 saturated carbocycles. The van der Waals surface area contributed by atoms with Gasteiger partial charge in [-0.2, -0.15) is 0 Å². The van der Waals surface area contributed by atoms with Crippen molar-refractivity contribution in [3.63, 3.8) is 0 Å². The molecule has 2 amide bonds. The Morgan fingerprint density at radius 3 is 1.39 bits per heavy atom. The summed E-state index contributed by atoms with van der Waals surface area (Å²) in [5, 5.41) is 5.29. The van der Waals surface area contributed by atoms with Crippen molar-refractivity contribution in [1.82, 2.24) is 10.6 Å². The molecule has 28 heavy (non-hydrogen) atoms. The fourth-order valence-electron chi connectivity index (χ4n) is 2.14. The molecule has 0 radical (unpaired) electrons. The Morgan fingerprint density at radius 1 is 0.714 bits per heavy atom. The highest BCUT2D eigenvalue weighted by atomic mass is 16.6. The third-order valence-electron chi connectivity index (χ3n) is 3.50. The summed E-state index contributed by atoms with van der Waals surface area (Å²) in [5.41, 5.74) is 0.191. The topological polar surface area (TPSA) is 111 Å². The second-order valence-electron chi connectivity index (χ2n) is 7.00. The zero-order valence-electron chi connectivity index (χ0n) is 17.1. The maximum absolute atomic E-state index is 12.3. The standard InChI is InChI=1S/C20H28N2O6/c1-11(2)21-17(23)13(5)27-19(25)15-8-7-9-16(10-15)20(26)28-14(6)18(24)22-12(3)4/h7-14H,1-6H3,(H,21,23)(H,22,24)/t13-,14-/m0/s1. The second-order valence-corrected chi connectivity index (χ2v) is 7.00. The van der Waals surface area contributed by atoms with Crippen LogP contribution in [-0.2, 0) is 19.1 Å². The Hall–Kier alpha value is -2.90. The number of hydrogen-bond donors (Lipinski definition) is 2. The molecular formula is C20H28N2O6. The van der Waals surface area contributed by atoms with Crippen molar-refractivity contribution in [2.45, 2.75) is 65.8 Å². The molecule has 0 fully saturated rings. The first-order valence-corrected chi connectivity index (χ1v) is 9.14. The average molecular weight is 392 g/mol. The molecule has 0 heterocycles. The van der Waals surface area contributed by atoms with Crippen molar-refractivity contribution in [2.24, 2.45) is 0 Å². The molecule has 1 aromatic carbocycles. The van der Waals surface area contributed by atoms with E-state index in [1.807, 2.05) is 0 Å². The molecule has 1 aromatic rings. The van der Waals surface area contributed by atoms with Crippen LogP contribution in [0, 0.1) is 0 Å². The third-order valence-corrected chi connectivity index (χ3v) is 3.50. The highest BCUT2D eigenvalue weighted by Crippen LogP contribution is 2.11. The number of carbonyl (C=O) groups excluding carboxylic acids is 4. The van der Waals surface area contributed by atoms with Gasteiger partial charge in [0.25, 0.3) is 11.8 Å². The first-order chi connectivity index (χ1) is 13.0. The van der Waals surface area contributed by atoms with Crippen LogP contribution in [0.15, 0.2) is 24.3 Å². The van der Waals surface area contributed by atoms with Gasteiger partial charge < -0.3 is 20.1 Å². The first kappa shape index (κ1) is 23.1. The lowest BCUT2D eigenvalue weighted by Gasteiger charge is -2.16. The van der Waals surface area contributed by atoms with E-state index in [4.69, 9.17) is 9.47 Å². The number of ether oxygens (including phenoxy) is 2. The number of amides is 2. The van der Waals surface area contributed by atoms with Crippen molar-refractivity contribution in [3.8, 4) is 0 Å². The maximum Gasteiger partial charge on any atom is 0.338 e. The van der Waals surface area contributed by atoms with Crippen molar-refractivity contribution in [3.05, 3.63) is 35.4 Å². The van der Waals surface area contributed by atoms with E-state index in [0.717, 1.165) is 0 Å². The fourth-order valence-corrected chi connectivity index (χ4v) is 2.14. The summed E-state index contributed by atoms with van der Waals surface area (Å²) < 4.78 is 10.3. The molecular weight excluding hydrogens is 364 g/mol. The SMILES string of the molecule is CC(C)NC(=O)[C@H](C)OC(=O)c1cccc(C(=O)O[C@@H](C)C(=O)NC(C)C)c1. The van der Waals surface area contributed by atoms with Crippen molar-refractivity contribution in [2.75, 3.05) is 0 Å². The van der Waals surface area contributed by atoms with E-state index in [0.29, 0.717) is 0 Å². The van der Waals surface area contributed by atoms with E-state index in [1.54, 1.807) is 27.7 Å². The van der Waals surface area contributed by atoms with Crippen LogP contribution >= 0.6 is 0 Å². The van der Waals surface area contributed by atoms with E-state index in [1.165, 1.54) is 38.1 Å². The lowest BCUT2D eigenvalue weighted by molar-refractivity contribution is -0.130.